The molecule has 1 heterocycles. The largest absolute Gasteiger partial charge is 0.468 e. The van der Waals surface area contributed by atoms with Crippen molar-refractivity contribution in [3.05, 3.63) is 23.9 Å². The van der Waals surface area contributed by atoms with Gasteiger partial charge in [-0.1, -0.05) is 0 Å². The van der Waals surface area contributed by atoms with Gasteiger partial charge in [-0.05, 0) is 25.5 Å². The molecule has 22 heavy (non-hydrogen) atoms. The first kappa shape index (κ1) is 20.7. The summed E-state index contributed by atoms with van der Waals surface area (Å²) in [5.74, 6) is 0.554. The topological polar surface area (TPSA) is 58.5 Å². The molecule has 1 rings (SSSR count). The van der Waals surface area contributed by atoms with E-state index >= 15 is 0 Å². The van der Waals surface area contributed by atoms with E-state index in [1.165, 1.54) is 12.3 Å². The van der Waals surface area contributed by atoms with E-state index in [2.05, 4.69) is 25.3 Å². The highest BCUT2D eigenvalue weighted by atomic mass is 127. The summed E-state index contributed by atoms with van der Waals surface area (Å²) < 4.78 is 40.8. The minimum Gasteiger partial charge on any atom is -0.468 e. The summed E-state index contributed by atoms with van der Waals surface area (Å²) in [5.41, 5.74) is 0.744. The molecule has 0 aliphatic heterocycles. The zero-order valence-corrected chi connectivity index (χ0v) is 14.9. The third-order valence-electron chi connectivity index (χ3n) is 2.29. The Hall–Kier alpha value is -1.26. The number of nitrogens with one attached hydrogen (secondary N) is 2. The number of ether oxygens (including phenoxy) is 1. The molecule has 1 aromatic rings. The first-order chi connectivity index (χ1) is 9.80. The van der Waals surface area contributed by atoms with Crippen molar-refractivity contribution in [3.63, 3.8) is 0 Å². The zero-order chi connectivity index (χ0) is 15.9. The molecule has 1 aromatic heterocycles. The number of hydrogen-bond acceptors (Lipinski definition) is 3. The van der Waals surface area contributed by atoms with Gasteiger partial charge in [0.2, 0.25) is 5.88 Å². The van der Waals surface area contributed by atoms with Crippen molar-refractivity contribution in [2.24, 2.45) is 4.99 Å². The van der Waals surface area contributed by atoms with Crippen LogP contribution >= 0.6 is 24.0 Å². The van der Waals surface area contributed by atoms with E-state index in [4.69, 9.17) is 0 Å². The molecule has 0 saturated carbocycles. The van der Waals surface area contributed by atoms with Gasteiger partial charge in [0.15, 0.2) is 12.6 Å². The average Bonchev–Trinajstić information content (AvgIpc) is 2.40. The van der Waals surface area contributed by atoms with Gasteiger partial charge in [-0.25, -0.2) is 4.98 Å². The predicted molar refractivity (Wildman–Crippen MR) is 89.7 cm³/mol. The van der Waals surface area contributed by atoms with E-state index in [-0.39, 0.29) is 35.9 Å². The van der Waals surface area contributed by atoms with Crippen LogP contribution in [0.3, 0.4) is 0 Å². The molecule has 126 valence electrons. The maximum Gasteiger partial charge on any atom is 0.422 e. The highest BCUT2D eigenvalue weighted by Crippen LogP contribution is 2.17. The van der Waals surface area contributed by atoms with E-state index in [0.29, 0.717) is 12.5 Å². The Morgan fingerprint density at radius 3 is 2.64 bits per heavy atom. The maximum absolute atomic E-state index is 12.1. The molecular formula is C13H20F3IN4O. The van der Waals surface area contributed by atoms with Crippen LogP contribution in [0.4, 0.5) is 13.2 Å². The van der Waals surface area contributed by atoms with Crippen molar-refractivity contribution in [1.29, 1.82) is 0 Å². The number of aliphatic imine (C=N–C) groups is 1. The van der Waals surface area contributed by atoms with E-state index in [1.807, 2.05) is 13.8 Å². The average molecular weight is 432 g/mol. The van der Waals surface area contributed by atoms with Crippen LogP contribution in [0.1, 0.15) is 19.4 Å². The summed E-state index contributed by atoms with van der Waals surface area (Å²) in [6.45, 7) is 3.00. The molecule has 0 spiro atoms. The van der Waals surface area contributed by atoms with Gasteiger partial charge in [0.05, 0.1) is 0 Å². The van der Waals surface area contributed by atoms with Gasteiger partial charge in [-0.3, -0.25) is 4.99 Å². The lowest BCUT2D eigenvalue weighted by Crippen LogP contribution is -2.40. The summed E-state index contributed by atoms with van der Waals surface area (Å²) >= 11 is 0. The molecule has 2 N–H and O–H groups in total. The maximum atomic E-state index is 12.1. The van der Waals surface area contributed by atoms with Crippen molar-refractivity contribution in [1.82, 2.24) is 15.6 Å². The summed E-state index contributed by atoms with van der Waals surface area (Å²) in [5, 5.41) is 6.15. The lowest BCUT2D eigenvalue weighted by atomic mass is 10.2. The van der Waals surface area contributed by atoms with Crippen LogP contribution in [0.15, 0.2) is 23.3 Å². The van der Waals surface area contributed by atoms with Crippen LogP contribution in [0, 0.1) is 0 Å². The molecule has 0 radical (unpaired) electrons. The van der Waals surface area contributed by atoms with Gasteiger partial charge in [0.1, 0.15) is 0 Å². The standard InChI is InChI=1S/C13H19F3N4O.HI/c1-9(2)20-12(17-3)19-7-10-4-5-18-11(6-10)21-8-13(14,15)16;/h4-6,9H,7-8H2,1-3H3,(H2,17,19,20);1H. The Morgan fingerprint density at radius 2 is 2.09 bits per heavy atom. The highest BCUT2D eigenvalue weighted by Gasteiger charge is 2.28. The molecular weight excluding hydrogens is 412 g/mol. The van der Waals surface area contributed by atoms with Gasteiger partial charge in [-0.2, -0.15) is 13.2 Å². The van der Waals surface area contributed by atoms with Crippen LogP contribution in [0.5, 0.6) is 5.88 Å². The molecule has 0 saturated heterocycles. The monoisotopic (exact) mass is 432 g/mol. The normalized spacial score (nSPS) is 11.9. The fourth-order valence-electron chi connectivity index (χ4n) is 1.45. The van der Waals surface area contributed by atoms with Crippen LogP contribution in [-0.2, 0) is 6.54 Å². The van der Waals surface area contributed by atoms with E-state index in [9.17, 15) is 13.2 Å². The molecule has 0 bridgehead atoms. The molecule has 0 unspecified atom stereocenters. The van der Waals surface area contributed by atoms with Crippen LogP contribution in [0.2, 0.25) is 0 Å². The van der Waals surface area contributed by atoms with Crippen molar-refractivity contribution < 1.29 is 17.9 Å². The first-order valence-corrected chi connectivity index (χ1v) is 6.42. The highest BCUT2D eigenvalue weighted by molar-refractivity contribution is 14.0. The summed E-state index contributed by atoms with van der Waals surface area (Å²) in [6, 6.07) is 3.37. The number of aromatic nitrogens is 1. The lowest BCUT2D eigenvalue weighted by Gasteiger charge is -2.14. The van der Waals surface area contributed by atoms with Crippen molar-refractivity contribution in [3.8, 4) is 5.88 Å². The van der Waals surface area contributed by atoms with Gasteiger partial charge < -0.3 is 15.4 Å². The second-order valence-corrected chi connectivity index (χ2v) is 4.63. The minimum atomic E-state index is -4.38. The van der Waals surface area contributed by atoms with E-state index in [1.54, 1.807) is 13.1 Å². The molecule has 0 aromatic carbocycles. The van der Waals surface area contributed by atoms with Crippen LogP contribution in [-0.4, -0.2) is 36.8 Å². The van der Waals surface area contributed by atoms with Crippen molar-refractivity contribution in [2.45, 2.75) is 32.6 Å². The number of pyridine rings is 1. The molecule has 0 atom stereocenters. The molecule has 0 aliphatic carbocycles. The van der Waals surface area contributed by atoms with Crippen LogP contribution < -0.4 is 15.4 Å². The smallest absolute Gasteiger partial charge is 0.422 e. The SMILES string of the molecule is CN=C(NCc1ccnc(OCC(F)(F)F)c1)NC(C)C.I. The number of rotatable bonds is 5. The summed E-state index contributed by atoms with van der Waals surface area (Å²) in [6.07, 6.45) is -2.97. The number of hydrogen-bond donors (Lipinski definition) is 2. The Balaban J connectivity index is 0.00000441. The Labute approximate surface area is 144 Å². The van der Waals surface area contributed by atoms with Crippen LogP contribution in [0.25, 0.3) is 0 Å². The molecule has 5 nitrogen and oxygen atoms in total. The molecule has 0 aliphatic rings. The zero-order valence-electron chi connectivity index (χ0n) is 12.6. The molecule has 9 heteroatoms. The van der Waals surface area contributed by atoms with Gasteiger partial charge in [-0.15, -0.1) is 24.0 Å². The second-order valence-electron chi connectivity index (χ2n) is 4.63. The number of guanidine groups is 1. The Morgan fingerprint density at radius 1 is 1.41 bits per heavy atom. The Bertz CT molecular complexity index is 481. The van der Waals surface area contributed by atoms with Gasteiger partial charge >= 0.3 is 6.18 Å². The first-order valence-electron chi connectivity index (χ1n) is 6.42. The third-order valence-corrected chi connectivity index (χ3v) is 2.29. The van der Waals surface area contributed by atoms with Crippen molar-refractivity contribution >= 4 is 29.9 Å². The fraction of sp³-hybridized carbons (Fsp3) is 0.538. The minimum absolute atomic E-state index is 0. The Kier molecular flexibility index (Phi) is 9.14. The molecule has 0 fully saturated rings. The third kappa shape index (κ3) is 8.90. The molecule has 0 amide bonds. The second kappa shape index (κ2) is 9.70. The fourth-order valence-corrected chi connectivity index (χ4v) is 1.45. The van der Waals surface area contributed by atoms with E-state index < -0.39 is 12.8 Å². The quantitative estimate of drug-likeness (QED) is 0.427. The van der Waals surface area contributed by atoms with Gasteiger partial charge in [0.25, 0.3) is 0 Å². The summed E-state index contributed by atoms with van der Waals surface area (Å²) in [4.78, 5) is 7.78. The van der Waals surface area contributed by atoms with E-state index in [0.717, 1.165) is 5.56 Å². The van der Waals surface area contributed by atoms with Gasteiger partial charge in [0, 0.05) is 31.9 Å². The predicted octanol–water partition coefficient (Wildman–Crippen LogP) is 2.71. The lowest BCUT2D eigenvalue weighted by molar-refractivity contribution is -0.154. The number of alkyl halides is 3. The number of halogens is 4. The summed E-state index contributed by atoms with van der Waals surface area (Å²) in [7, 11) is 1.64. The number of nitrogens with zero attached hydrogens (tertiary/aromatic N) is 2. The van der Waals surface area contributed by atoms with Crippen molar-refractivity contribution in [2.75, 3.05) is 13.7 Å².